The summed E-state index contributed by atoms with van der Waals surface area (Å²) in [6, 6.07) is 16.0. The van der Waals surface area contributed by atoms with Crippen LogP contribution in [0.5, 0.6) is 11.5 Å². The smallest absolute Gasteiger partial charge is 0.243 e. The van der Waals surface area contributed by atoms with Gasteiger partial charge in [-0.15, -0.1) is 0 Å². The van der Waals surface area contributed by atoms with E-state index in [4.69, 9.17) is 39.5 Å². The lowest BCUT2D eigenvalue weighted by molar-refractivity contribution is -0.129. The van der Waals surface area contributed by atoms with Crippen LogP contribution < -0.4 is 10.1 Å². The number of ether oxygens (including phenoxy) is 1. The van der Waals surface area contributed by atoms with Gasteiger partial charge in [0, 0.05) is 41.1 Å². The average Bonchev–Trinajstić information content (AvgIpc) is 3.35. The minimum absolute atomic E-state index is 0.0234. The highest BCUT2D eigenvalue weighted by atomic mass is 35.5. The van der Waals surface area contributed by atoms with Crippen LogP contribution in [-0.2, 0) is 19.6 Å². The number of carbonyl (C=O) groups excluding carboxylic acids is 2. The number of sulfonamides is 1. The van der Waals surface area contributed by atoms with Crippen molar-refractivity contribution in [2.75, 3.05) is 25.0 Å². The van der Waals surface area contributed by atoms with E-state index in [2.05, 4.69) is 5.32 Å². The Balaban J connectivity index is 1.41. The van der Waals surface area contributed by atoms with Crippen molar-refractivity contribution < 1.29 is 22.7 Å². The highest BCUT2D eigenvalue weighted by Crippen LogP contribution is 2.37. The quantitative estimate of drug-likeness (QED) is 0.279. The normalized spacial score (nSPS) is 18.6. The largest absolute Gasteiger partial charge is 0.455 e. The van der Waals surface area contributed by atoms with Crippen LogP contribution in [0.3, 0.4) is 0 Å². The second-order valence-electron chi connectivity index (χ2n) is 10.5. The molecule has 0 aliphatic carbocycles. The monoisotopic (exact) mass is 649 g/mol. The lowest BCUT2D eigenvalue weighted by atomic mass is 10.1. The summed E-state index contributed by atoms with van der Waals surface area (Å²) in [6.07, 6.45) is 2.59. The Morgan fingerprint density at radius 2 is 1.60 bits per heavy atom. The van der Waals surface area contributed by atoms with Gasteiger partial charge in [0.2, 0.25) is 21.8 Å². The molecule has 5 rings (SSSR count). The van der Waals surface area contributed by atoms with Crippen molar-refractivity contribution in [1.29, 1.82) is 0 Å². The summed E-state index contributed by atoms with van der Waals surface area (Å²) in [5, 5.41) is 4.14. The standard InChI is InChI=1S/C30H30Cl3N3O5S/c1-19(20-5-7-22(31)8-6-20)36-18-21(13-29(36)37)30(38)34-27-17-26(42(39,40)35-11-3-2-4-12-35)9-10-28(27)41-25-15-23(32)14-24(33)16-25/h5-10,14-17,19,21H,2-4,11-13,18H2,1H3,(H,34,38)/t19-,21?/m0/s1. The molecule has 0 aromatic heterocycles. The third kappa shape index (κ3) is 6.87. The third-order valence-electron chi connectivity index (χ3n) is 7.57. The van der Waals surface area contributed by atoms with Crippen molar-refractivity contribution >= 4 is 62.3 Å². The van der Waals surface area contributed by atoms with Crippen LogP contribution in [0.4, 0.5) is 5.69 Å². The molecule has 2 fully saturated rings. The molecular weight excluding hydrogens is 621 g/mol. The molecule has 0 saturated carbocycles. The van der Waals surface area contributed by atoms with E-state index in [-0.39, 0.29) is 41.2 Å². The molecule has 2 heterocycles. The minimum Gasteiger partial charge on any atom is -0.455 e. The van der Waals surface area contributed by atoms with Gasteiger partial charge in [0.05, 0.1) is 22.5 Å². The van der Waals surface area contributed by atoms with Gasteiger partial charge in [-0.05, 0) is 73.9 Å². The molecular formula is C30H30Cl3N3O5S. The fraction of sp³-hybridized carbons (Fsp3) is 0.333. The molecule has 2 aliphatic rings. The molecule has 3 aromatic rings. The Bertz CT molecular complexity index is 1570. The van der Waals surface area contributed by atoms with E-state index >= 15 is 0 Å². The number of nitrogens with one attached hydrogen (secondary N) is 1. The van der Waals surface area contributed by atoms with E-state index in [0.717, 1.165) is 24.8 Å². The molecule has 0 spiro atoms. The summed E-state index contributed by atoms with van der Waals surface area (Å²) < 4.78 is 34.3. The van der Waals surface area contributed by atoms with E-state index in [0.29, 0.717) is 33.9 Å². The summed E-state index contributed by atoms with van der Waals surface area (Å²) >= 11 is 18.3. The fourth-order valence-corrected chi connectivity index (χ4v) is 7.44. The Kier molecular flexibility index (Phi) is 9.34. The van der Waals surface area contributed by atoms with Crippen LogP contribution >= 0.6 is 34.8 Å². The van der Waals surface area contributed by atoms with Crippen molar-refractivity contribution in [3.63, 3.8) is 0 Å². The highest BCUT2D eigenvalue weighted by molar-refractivity contribution is 7.89. The Labute approximate surface area is 260 Å². The van der Waals surface area contributed by atoms with Gasteiger partial charge >= 0.3 is 0 Å². The zero-order valence-electron chi connectivity index (χ0n) is 22.9. The van der Waals surface area contributed by atoms with Gasteiger partial charge in [-0.3, -0.25) is 9.59 Å². The van der Waals surface area contributed by atoms with Gasteiger partial charge in [0.1, 0.15) is 5.75 Å². The molecule has 42 heavy (non-hydrogen) atoms. The average molecular weight is 651 g/mol. The number of nitrogens with zero attached hydrogens (tertiary/aromatic N) is 2. The second-order valence-corrected chi connectivity index (χ2v) is 13.7. The van der Waals surface area contributed by atoms with E-state index in [9.17, 15) is 18.0 Å². The van der Waals surface area contributed by atoms with Crippen molar-refractivity contribution in [2.45, 2.75) is 43.5 Å². The summed E-state index contributed by atoms with van der Waals surface area (Å²) in [4.78, 5) is 28.2. The molecule has 1 N–H and O–H groups in total. The first-order chi connectivity index (χ1) is 20.0. The minimum atomic E-state index is -3.79. The van der Waals surface area contributed by atoms with Gasteiger partial charge in [0.25, 0.3) is 0 Å². The number of likely N-dealkylation sites (tertiary alicyclic amines) is 1. The number of benzene rings is 3. The first kappa shape index (κ1) is 30.6. The number of carbonyl (C=O) groups is 2. The maximum Gasteiger partial charge on any atom is 0.243 e. The van der Waals surface area contributed by atoms with Gasteiger partial charge in [-0.25, -0.2) is 8.42 Å². The summed E-state index contributed by atoms with van der Waals surface area (Å²) in [6.45, 7) is 2.99. The number of amides is 2. The molecule has 222 valence electrons. The number of anilines is 1. The van der Waals surface area contributed by atoms with Crippen molar-refractivity contribution in [1.82, 2.24) is 9.21 Å². The van der Waals surface area contributed by atoms with Gasteiger partial charge in [-0.1, -0.05) is 53.4 Å². The molecule has 1 unspecified atom stereocenters. The van der Waals surface area contributed by atoms with E-state index in [1.807, 2.05) is 19.1 Å². The molecule has 0 radical (unpaired) electrons. The first-order valence-corrected chi connectivity index (χ1v) is 16.2. The number of piperidine rings is 1. The zero-order valence-corrected chi connectivity index (χ0v) is 25.9. The molecule has 0 bridgehead atoms. The summed E-state index contributed by atoms with van der Waals surface area (Å²) in [7, 11) is -3.79. The van der Waals surface area contributed by atoms with Crippen molar-refractivity contribution in [2.24, 2.45) is 5.92 Å². The van der Waals surface area contributed by atoms with Gasteiger partial charge < -0.3 is 15.0 Å². The van der Waals surface area contributed by atoms with Crippen molar-refractivity contribution in [3.8, 4) is 11.5 Å². The Morgan fingerprint density at radius 1 is 0.929 bits per heavy atom. The van der Waals surface area contributed by atoms with Gasteiger partial charge in [0.15, 0.2) is 5.75 Å². The molecule has 2 amide bonds. The van der Waals surface area contributed by atoms with E-state index < -0.39 is 21.8 Å². The number of hydrogen-bond donors (Lipinski definition) is 1. The van der Waals surface area contributed by atoms with E-state index in [1.54, 1.807) is 35.2 Å². The number of halogens is 3. The maximum atomic E-state index is 13.5. The first-order valence-electron chi connectivity index (χ1n) is 13.7. The van der Waals surface area contributed by atoms with Crippen LogP contribution in [0.25, 0.3) is 0 Å². The molecule has 12 heteroatoms. The van der Waals surface area contributed by atoms with Crippen LogP contribution in [-0.4, -0.2) is 49.1 Å². The van der Waals surface area contributed by atoms with Crippen LogP contribution in [0.1, 0.15) is 44.2 Å². The highest BCUT2D eigenvalue weighted by Gasteiger charge is 2.37. The van der Waals surface area contributed by atoms with Crippen LogP contribution in [0, 0.1) is 5.92 Å². The Hall–Kier alpha value is -2.82. The maximum absolute atomic E-state index is 13.5. The fourth-order valence-electron chi connectivity index (χ4n) is 5.26. The molecule has 2 atom stereocenters. The summed E-state index contributed by atoms with van der Waals surface area (Å²) in [5.74, 6) is -0.702. The van der Waals surface area contributed by atoms with Crippen LogP contribution in [0.2, 0.25) is 15.1 Å². The van der Waals surface area contributed by atoms with E-state index in [1.165, 1.54) is 22.5 Å². The predicted molar refractivity (Wildman–Crippen MR) is 164 cm³/mol. The third-order valence-corrected chi connectivity index (χ3v) is 10.2. The SMILES string of the molecule is C[C@@H](c1ccc(Cl)cc1)N1CC(C(=O)Nc2cc(S(=O)(=O)N3CCCCC3)ccc2Oc2cc(Cl)cc(Cl)c2)CC1=O. The lowest BCUT2D eigenvalue weighted by Gasteiger charge is -2.26. The topological polar surface area (TPSA) is 96.0 Å². The number of hydrogen-bond acceptors (Lipinski definition) is 5. The second kappa shape index (κ2) is 12.8. The predicted octanol–water partition coefficient (Wildman–Crippen LogP) is 7.16. The van der Waals surface area contributed by atoms with Crippen LogP contribution in [0.15, 0.2) is 65.6 Å². The molecule has 3 aromatic carbocycles. The summed E-state index contributed by atoms with van der Waals surface area (Å²) in [5.41, 5.74) is 1.06. The number of rotatable bonds is 8. The molecule has 2 aliphatic heterocycles. The molecule has 8 nitrogen and oxygen atoms in total. The lowest BCUT2D eigenvalue weighted by Crippen LogP contribution is -2.35. The van der Waals surface area contributed by atoms with Crippen molar-refractivity contribution in [3.05, 3.63) is 81.3 Å². The van der Waals surface area contributed by atoms with Gasteiger partial charge in [-0.2, -0.15) is 4.31 Å². The Morgan fingerprint density at radius 3 is 2.26 bits per heavy atom. The molecule has 2 saturated heterocycles. The zero-order chi connectivity index (χ0) is 30.0.